The van der Waals surface area contributed by atoms with E-state index in [4.69, 9.17) is 17.3 Å². The number of nitrogen functional groups attached to an aromatic ring is 1. The van der Waals surface area contributed by atoms with Gasteiger partial charge in [-0.3, -0.25) is 0 Å². The van der Waals surface area contributed by atoms with Crippen molar-refractivity contribution in [2.24, 2.45) is 0 Å². The largest absolute Gasteiger partial charge is 0.397 e. The molecule has 0 saturated carbocycles. The smallest absolute Gasteiger partial charge is 0.144 e. The lowest BCUT2D eigenvalue weighted by Crippen LogP contribution is -1.97. The van der Waals surface area contributed by atoms with Gasteiger partial charge in [-0.1, -0.05) is 23.7 Å². The first-order valence-electron chi connectivity index (χ1n) is 5.14. The van der Waals surface area contributed by atoms with Gasteiger partial charge in [-0.15, -0.1) is 0 Å². The van der Waals surface area contributed by atoms with Crippen LogP contribution in [-0.2, 0) is 0 Å². The minimum absolute atomic E-state index is 0.0253. The van der Waals surface area contributed by atoms with Crippen LogP contribution in [0.2, 0.25) is 5.02 Å². The van der Waals surface area contributed by atoms with Gasteiger partial charge in [0, 0.05) is 11.8 Å². The summed E-state index contributed by atoms with van der Waals surface area (Å²) in [6.07, 6.45) is 0. The van der Waals surface area contributed by atoms with Crippen LogP contribution in [-0.4, -0.2) is 0 Å². The molecule has 2 rings (SSSR count). The Kier molecular flexibility index (Phi) is 3.20. The van der Waals surface area contributed by atoms with E-state index in [1.54, 1.807) is 0 Å². The van der Waals surface area contributed by atoms with Crippen molar-refractivity contribution in [3.63, 3.8) is 0 Å². The van der Waals surface area contributed by atoms with Gasteiger partial charge >= 0.3 is 0 Å². The van der Waals surface area contributed by atoms with Gasteiger partial charge in [-0.25, -0.2) is 4.39 Å². The number of rotatable bonds is 2. The Morgan fingerprint density at radius 1 is 1.24 bits per heavy atom. The summed E-state index contributed by atoms with van der Waals surface area (Å²) in [4.78, 5) is 0. The summed E-state index contributed by atoms with van der Waals surface area (Å²) in [5, 5.41) is 3.08. The second kappa shape index (κ2) is 4.63. The average Bonchev–Trinajstić information content (AvgIpc) is 2.26. The summed E-state index contributed by atoms with van der Waals surface area (Å²) in [5.41, 5.74) is 8.66. The van der Waals surface area contributed by atoms with Gasteiger partial charge in [0.2, 0.25) is 0 Å². The SMILES string of the molecule is Cc1cccc(Nc2cc(F)c(Cl)cc2N)c1. The van der Waals surface area contributed by atoms with Crippen LogP contribution in [0, 0.1) is 12.7 Å². The fourth-order valence-corrected chi connectivity index (χ4v) is 1.72. The molecule has 0 aliphatic carbocycles. The highest BCUT2D eigenvalue weighted by molar-refractivity contribution is 6.31. The Morgan fingerprint density at radius 2 is 2.00 bits per heavy atom. The molecular weight excluding hydrogens is 239 g/mol. The molecule has 0 fully saturated rings. The highest BCUT2D eigenvalue weighted by Crippen LogP contribution is 2.28. The quantitative estimate of drug-likeness (QED) is 0.787. The molecule has 4 heteroatoms. The Bertz CT molecular complexity index is 555. The molecule has 0 radical (unpaired) electrons. The lowest BCUT2D eigenvalue weighted by molar-refractivity contribution is 0.629. The fraction of sp³-hybridized carbons (Fsp3) is 0.0769. The van der Waals surface area contributed by atoms with Crippen molar-refractivity contribution in [2.45, 2.75) is 6.92 Å². The summed E-state index contributed by atoms with van der Waals surface area (Å²) in [6.45, 7) is 1.98. The average molecular weight is 251 g/mol. The van der Waals surface area contributed by atoms with Crippen molar-refractivity contribution in [2.75, 3.05) is 11.1 Å². The molecule has 0 atom stereocenters. The fourth-order valence-electron chi connectivity index (χ4n) is 1.55. The van der Waals surface area contributed by atoms with E-state index in [1.165, 1.54) is 12.1 Å². The molecule has 0 amide bonds. The van der Waals surface area contributed by atoms with Gasteiger partial charge in [0.05, 0.1) is 16.4 Å². The van der Waals surface area contributed by atoms with Gasteiger partial charge in [0.15, 0.2) is 0 Å². The van der Waals surface area contributed by atoms with Crippen molar-refractivity contribution in [3.05, 3.63) is 52.8 Å². The number of nitrogens with one attached hydrogen (secondary N) is 1. The van der Waals surface area contributed by atoms with Gasteiger partial charge in [0.1, 0.15) is 5.82 Å². The molecule has 0 spiro atoms. The molecule has 2 aromatic rings. The molecule has 2 aromatic carbocycles. The van der Waals surface area contributed by atoms with Gasteiger partial charge in [-0.2, -0.15) is 0 Å². The van der Waals surface area contributed by atoms with Crippen molar-refractivity contribution < 1.29 is 4.39 Å². The zero-order chi connectivity index (χ0) is 12.4. The van der Waals surface area contributed by atoms with Crippen molar-refractivity contribution in [3.8, 4) is 0 Å². The molecule has 0 aliphatic heterocycles. The monoisotopic (exact) mass is 250 g/mol. The van der Waals surface area contributed by atoms with Gasteiger partial charge < -0.3 is 11.1 Å². The summed E-state index contributed by atoms with van der Waals surface area (Å²) in [5.74, 6) is -0.490. The number of anilines is 3. The minimum Gasteiger partial charge on any atom is -0.397 e. The number of hydrogen-bond donors (Lipinski definition) is 2. The first kappa shape index (κ1) is 11.7. The second-order valence-corrected chi connectivity index (χ2v) is 4.26. The van der Waals surface area contributed by atoms with Crippen LogP contribution >= 0.6 is 11.6 Å². The van der Waals surface area contributed by atoms with Crippen molar-refractivity contribution in [1.29, 1.82) is 0 Å². The molecular formula is C13H12ClFN2. The molecule has 88 valence electrons. The number of halogens is 2. The lowest BCUT2D eigenvalue weighted by Gasteiger charge is -2.10. The highest BCUT2D eigenvalue weighted by atomic mass is 35.5. The molecule has 2 nitrogen and oxygen atoms in total. The van der Waals surface area contributed by atoms with Crippen molar-refractivity contribution >= 4 is 28.7 Å². The van der Waals surface area contributed by atoms with E-state index in [2.05, 4.69) is 5.32 Å². The first-order valence-corrected chi connectivity index (χ1v) is 5.52. The van der Waals surface area contributed by atoms with Crippen LogP contribution in [0.3, 0.4) is 0 Å². The summed E-state index contributed by atoms with van der Waals surface area (Å²) < 4.78 is 13.3. The zero-order valence-electron chi connectivity index (χ0n) is 9.30. The highest BCUT2D eigenvalue weighted by Gasteiger charge is 2.06. The molecule has 0 aliphatic rings. The molecule has 0 heterocycles. The number of aryl methyl sites for hydroxylation is 1. The van der Waals surface area contributed by atoms with E-state index in [0.29, 0.717) is 11.4 Å². The van der Waals surface area contributed by atoms with E-state index in [9.17, 15) is 4.39 Å². The minimum atomic E-state index is -0.490. The topological polar surface area (TPSA) is 38.0 Å². The third kappa shape index (κ3) is 2.68. The number of nitrogens with two attached hydrogens (primary N) is 1. The Balaban J connectivity index is 2.33. The standard InChI is InChI=1S/C13H12ClFN2/c1-8-3-2-4-9(5-8)17-13-7-11(15)10(14)6-12(13)16/h2-7,17H,16H2,1H3. The predicted octanol–water partition coefficient (Wildman–Crippen LogP) is 4.11. The third-order valence-corrected chi connectivity index (χ3v) is 2.68. The van der Waals surface area contributed by atoms with E-state index in [1.807, 2.05) is 31.2 Å². The van der Waals surface area contributed by atoms with E-state index < -0.39 is 5.82 Å². The van der Waals surface area contributed by atoms with Gasteiger partial charge in [0.25, 0.3) is 0 Å². The van der Waals surface area contributed by atoms with Crippen LogP contribution in [0.15, 0.2) is 36.4 Å². The number of hydrogen-bond acceptors (Lipinski definition) is 2. The van der Waals surface area contributed by atoms with E-state index in [-0.39, 0.29) is 5.02 Å². The maximum atomic E-state index is 13.3. The van der Waals surface area contributed by atoms with Gasteiger partial charge in [-0.05, 0) is 30.7 Å². The van der Waals surface area contributed by atoms with Crippen LogP contribution in [0.25, 0.3) is 0 Å². The summed E-state index contributed by atoms with van der Waals surface area (Å²) >= 11 is 5.63. The molecule has 0 bridgehead atoms. The molecule has 0 aromatic heterocycles. The molecule has 0 saturated heterocycles. The Morgan fingerprint density at radius 3 is 2.71 bits per heavy atom. The van der Waals surface area contributed by atoms with E-state index >= 15 is 0 Å². The van der Waals surface area contributed by atoms with Crippen LogP contribution in [0.4, 0.5) is 21.5 Å². The molecule has 0 unspecified atom stereocenters. The maximum absolute atomic E-state index is 13.3. The van der Waals surface area contributed by atoms with Crippen LogP contribution in [0.1, 0.15) is 5.56 Å². The summed E-state index contributed by atoms with van der Waals surface area (Å²) in [6, 6.07) is 10.4. The van der Waals surface area contributed by atoms with Crippen LogP contribution < -0.4 is 11.1 Å². The lowest BCUT2D eigenvalue weighted by atomic mass is 10.2. The third-order valence-electron chi connectivity index (χ3n) is 2.39. The normalized spacial score (nSPS) is 10.3. The molecule has 3 N–H and O–H groups in total. The predicted molar refractivity (Wildman–Crippen MR) is 70.3 cm³/mol. The summed E-state index contributed by atoms with van der Waals surface area (Å²) in [7, 11) is 0. The van der Waals surface area contributed by atoms with Crippen molar-refractivity contribution in [1.82, 2.24) is 0 Å². The maximum Gasteiger partial charge on any atom is 0.144 e. The van der Waals surface area contributed by atoms with E-state index in [0.717, 1.165) is 11.3 Å². The first-order chi connectivity index (χ1) is 8.06. The Hall–Kier alpha value is -1.74. The second-order valence-electron chi connectivity index (χ2n) is 3.85. The zero-order valence-corrected chi connectivity index (χ0v) is 10.1. The number of benzene rings is 2. The molecule has 17 heavy (non-hydrogen) atoms. The van der Waals surface area contributed by atoms with Crippen LogP contribution in [0.5, 0.6) is 0 Å². The Labute approximate surface area is 104 Å².